The van der Waals surface area contributed by atoms with E-state index in [1.807, 2.05) is 30.3 Å². The van der Waals surface area contributed by atoms with Crippen LogP contribution in [-0.4, -0.2) is 46.5 Å². The van der Waals surface area contributed by atoms with Crippen LogP contribution in [0.2, 0.25) is 0 Å². The quantitative estimate of drug-likeness (QED) is 0.749. The molecular weight excluding hydrogens is 268 g/mol. The van der Waals surface area contributed by atoms with Crippen LogP contribution in [0.15, 0.2) is 42.7 Å². The number of benzene rings is 1. The van der Waals surface area contributed by atoms with Crippen LogP contribution in [0.3, 0.4) is 0 Å². The summed E-state index contributed by atoms with van der Waals surface area (Å²) in [5, 5.41) is 19.8. The summed E-state index contributed by atoms with van der Waals surface area (Å²) in [5.74, 6) is -0.102. The summed E-state index contributed by atoms with van der Waals surface area (Å²) in [6.07, 6.45) is 2.86. The van der Waals surface area contributed by atoms with E-state index in [4.69, 9.17) is 0 Å². The van der Waals surface area contributed by atoms with Crippen LogP contribution in [-0.2, 0) is 0 Å². The van der Waals surface area contributed by atoms with Gasteiger partial charge in [0.05, 0.1) is 23.6 Å². The fourth-order valence-electron chi connectivity index (χ4n) is 2.42. The molecule has 21 heavy (non-hydrogen) atoms. The van der Waals surface area contributed by atoms with Gasteiger partial charge in [-0.15, -0.1) is 0 Å². The van der Waals surface area contributed by atoms with Gasteiger partial charge in [0.1, 0.15) is 0 Å². The van der Waals surface area contributed by atoms with E-state index in [1.54, 1.807) is 17.1 Å². The van der Waals surface area contributed by atoms with Crippen molar-refractivity contribution >= 4 is 5.91 Å². The standard InChI is InChI=1S/C15H18N4O2/c20-14-9-16-6-11(14)7-17-15(21)12-8-18-19(10-12)13-4-2-1-3-5-13/h1-5,8,10-11,14,16,20H,6-7,9H2,(H,17,21). The maximum Gasteiger partial charge on any atom is 0.254 e. The van der Waals surface area contributed by atoms with E-state index in [2.05, 4.69) is 15.7 Å². The van der Waals surface area contributed by atoms with E-state index in [1.165, 1.54) is 0 Å². The lowest BCUT2D eigenvalue weighted by Gasteiger charge is -2.13. The zero-order valence-corrected chi connectivity index (χ0v) is 11.6. The second-order valence-electron chi connectivity index (χ2n) is 5.20. The zero-order valence-electron chi connectivity index (χ0n) is 11.6. The number of rotatable bonds is 4. The van der Waals surface area contributed by atoms with Crippen LogP contribution in [0.4, 0.5) is 0 Å². The van der Waals surface area contributed by atoms with Crippen molar-refractivity contribution in [1.29, 1.82) is 0 Å². The largest absolute Gasteiger partial charge is 0.391 e. The molecule has 0 saturated carbocycles. The van der Waals surface area contributed by atoms with E-state index < -0.39 is 6.10 Å². The molecule has 1 aromatic carbocycles. The minimum atomic E-state index is -0.391. The number of nitrogens with one attached hydrogen (secondary N) is 2. The van der Waals surface area contributed by atoms with Gasteiger partial charge in [0, 0.05) is 31.7 Å². The molecule has 0 radical (unpaired) electrons. The molecular formula is C15H18N4O2. The second-order valence-corrected chi connectivity index (χ2v) is 5.20. The molecule has 3 rings (SSSR count). The summed E-state index contributed by atoms with van der Waals surface area (Å²) >= 11 is 0. The fraction of sp³-hybridized carbons (Fsp3) is 0.333. The highest BCUT2D eigenvalue weighted by atomic mass is 16.3. The van der Waals surface area contributed by atoms with E-state index in [9.17, 15) is 9.90 Å². The summed E-state index contributed by atoms with van der Waals surface area (Å²) in [4.78, 5) is 12.1. The Labute approximate surface area is 122 Å². The average molecular weight is 286 g/mol. The summed E-state index contributed by atoms with van der Waals surface area (Å²) in [6.45, 7) is 1.78. The predicted octanol–water partition coefficient (Wildman–Crippen LogP) is 0.182. The van der Waals surface area contributed by atoms with Crippen molar-refractivity contribution in [3.05, 3.63) is 48.3 Å². The first-order valence-corrected chi connectivity index (χ1v) is 7.01. The molecule has 0 spiro atoms. The average Bonchev–Trinajstić information content (AvgIpc) is 3.15. The Morgan fingerprint density at radius 3 is 2.90 bits per heavy atom. The van der Waals surface area contributed by atoms with Gasteiger partial charge in [-0.05, 0) is 12.1 Å². The van der Waals surface area contributed by atoms with Crippen molar-refractivity contribution in [2.45, 2.75) is 6.10 Å². The number of nitrogens with zero attached hydrogens (tertiary/aromatic N) is 2. The van der Waals surface area contributed by atoms with Crippen LogP contribution in [0.25, 0.3) is 5.69 Å². The molecule has 2 aromatic rings. The van der Waals surface area contributed by atoms with Gasteiger partial charge in [0.2, 0.25) is 0 Å². The van der Waals surface area contributed by atoms with E-state index in [-0.39, 0.29) is 11.8 Å². The maximum atomic E-state index is 12.1. The van der Waals surface area contributed by atoms with Gasteiger partial charge >= 0.3 is 0 Å². The van der Waals surface area contributed by atoms with Crippen molar-refractivity contribution < 1.29 is 9.90 Å². The Bertz CT molecular complexity index is 611. The minimum absolute atomic E-state index is 0.0677. The molecule has 1 aliphatic heterocycles. The summed E-state index contributed by atoms with van der Waals surface area (Å²) in [7, 11) is 0. The Kier molecular flexibility index (Phi) is 3.98. The van der Waals surface area contributed by atoms with Crippen molar-refractivity contribution in [1.82, 2.24) is 20.4 Å². The highest BCUT2D eigenvalue weighted by Crippen LogP contribution is 2.09. The third kappa shape index (κ3) is 3.12. The second kappa shape index (κ2) is 6.07. The molecule has 0 bridgehead atoms. The zero-order chi connectivity index (χ0) is 14.7. The number of β-amino-alcohol motifs (C(OH)–C–C–N with tert-alkyl or cyclic N) is 1. The number of aromatic nitrogens is 2. The van der Waals surface area contributed by atoms with Crippen molar-refractivity contribution in [3.8, 4) is 5.69 Å². The molecule has 110 valence electrons. The van der Waals surface area contributed by atoms with Crippen molar-refractivity contribution in [2.75, 3.05) is 19.6 Å². The van der Waals surface area contributed by atoms with Crippen LogP contribution >= 0.6 is 0 Å². The van der Waals surface area contributed by atoms with Crippen LogP contribution in [0, 0.1) is 5.92 Å². The maximum absolute atomic E-state index is 12.1. The monoisotopic (exact) mass is 286 g/mol. The molecule has 1 aromatic heterocycles. The summed E-state index contributed by atoms with van der Waals surface area (Å²) in [5.41, 5.74) is 1.42. The van der Waals surface area contributed by atoms with Crippen LogP contribution in [0.1, 0.15) is 10.4 Å². The summed E-state index contributed by atoms with van der Waals surface area (Å²) < 4.78 is 1.67. The summed E-state index contributed by atoms with van der Waals surface area (Å²) in [6, 6.07) is 9.63. The van der Waals surface area contributed by atoms with Gasteiger partial charge in [-0.2, -0.15) is 5.10 Å². The first-order valence-electron chi connectivity index (χ1n) is 7.01. The lowest BCUT2D eigenvalue weighted by atomic mass is 10.1. The molecule has 0 aliphatic carbocycles. The first kappa shape index (κ1) is 13.8. The minimum Gasteiger partial charge on any atom is -0.391 e. The highest BCUT2D eigenvalue weighted by molar-refractivity contribution is 5.93. The molecule has 2 atom stereocenters. The Hall–Kier alpha value is -2.18. The molecule has 3 N–H and O–H groups in total. The van der Waals surface area contributed by atoms with Gasteiger partial charge in [-0.1, -0.05) is 18.2 Å². The van der Waals surface area contributed by atoms with Gasteiger partial charge in [-0.25, -0.2) is 4.68 Å². The normalized spacial score (nSPS) is 21.4. The number of hydrogen-bond acceptors (Lipinski definition) is 4. The van der Waals surface area contributed by atoms with E-state index >= 15 is 0 Å². The molecule has 6 nitrogen and oxygen atoms in total. The number of carbonyl (C=O) groups is 1. The molecule has 1 aliphatic rings. The molecule has 2 heterocycles. The van der Waals surface area contributed by atoms with Crippen LogP contribution < -0.4 is 10.6 Å². The molecule has 6 heteroatoms. The van der Waals surface area contributed by atoms with Gasteiger partial charge < -0.3 is 15.7 Å². The molecule has 1 amide bonds. The van der Waals surface area contributed by atoms with Crippen LogP contribution in [0.5, 0.6) is 0 Å². The van der Waals surface area contributed by atoms with Crippen molar-refractivity contribution in [3.63, 3.8) is 0 Å². The number of carbonyl (C=O) groups excluding carboxylic acids is 1. The van der Waals surface area contributed by atoms with E-state index in [0.717, 1.165) is 12.2 Å². The van der Waals surface area contributed by atoms with Crippen molar-refractivity contribution in [2.24, 2.45) is 5.92 Å². The van der Waals surface area contributed by atoms with Gasteiger partial charge in [-0.3, -0.25) is 4.79 Å². The topological polar surface area (TPSA) is 79.2 Å². The number of amides is 1. The lowest BCUT2D eigenvalue weighted by molar-refractivity contribution is 0.0927. The Morgan fingerprint density at radius 1 is 1.38 bits per heavy atom. The smallest absolute Gasteiger partial charge is 0.254 e. The third-order valence-corrected chi connectivity index (χ3v) is 3.69. The first-order chi connectivity index (χ1) is 10.2. The number of para-hydroxylation sites is 1. The number of hydrogen-bond donors (Lipinski definition) is 3. The molecule has 2 unspecified atom stereocenters. The highest BCUT2D eigenvalue weighted by Gasteiger charge is 2.25. The fourth-order valence-corrected chi connectivity index (χ4v) is 2.42. The Morgan fingerprint density at radius 2 is 2.19 bits per heavy atom. The van der Waals surface area contributed by atoms with E-state index in [0.29, 0.717) is 18.7 Å². The molecule has 1 saturated heterocycles. The predicted molar refractivity (Wildman–Crippen MR) is 78.3 cm³/mol. The Balaban J connectivity index is 1.62. The SMILES string of the molecule is O=C(NCC1CNCC1O)c1cnn(-c2ccccc2)c1. The third-order valence-electron chi connectivity index (χ3n) is 3.69. The molecule has 1 fully saturated rings. The van der Waals surface area contributed by atoms with Gasteiger partial charge in [0.25, 0.3) is 5.91 Å². The lowest BCUT2D eigenvalue weighted by Crippen LogP contribution is -2.34. The number of aliphatic hydroxyl groups is 1. The number of aliphatic hydroxyl groups excluding tert-OH is 1. The van der Waals surface area contributed by atoms with Gasteiger partial charge in [0.15, 0.2) is 0 Å².